The highest BCUT2D eigenvalue weighted by Gasteiger charge is 2.22. The summed E-state index contributed by atoms with van der Waals surface area (Å²) in [5.41, 5.74) is 0.307. The van der Waals surface area contributed by atoms with Gasteiger partial charge in [-0.05, 0) is 30.3 Å². The van der Waals surface area contributed by atoms with Gasteiger partial charge < -0.3 is 0 Å². The highest BCUT2D eigenvalue weighted by Crippen LogP contribution is 2.28. The molecule has 0 spiro atoms. The Morgan fingerprint density at radius 1 is 1.00 bits per heavy atom. The fraction of sp³-hybridized carbons (Fsp3) is 0. The van der Waals surface area contributed by atoms with Crippen molar-refractivity contribution in [3.63, 3.8) is 0 Å². The molecule has 0 saturated heterocycles. The van der Waals surface area contributed by atoms with Crippen LogP contribution < -0.4 is 0 Å². The van der Waals surface area contributed by atoms with Crippen LogP contribution in [-0.2, 0) is 10.0 Å². The number of benzene rings is 2. The summed E-state index contributed by atoms with van der Waals surface area (Å²) in [6.07, 6.45) is 1.33. The molecule has 3 nitrogen and oxygen atoms in total. The molecule has 112 valence electrons. The molecule has 1 heterocycles. The Balaban J connectivity index is 2.39. The first-order valence-electron chi connectivity index (χ1n) is 6.38. The minimum atomic E-state index is -3.94. The second-order valence-electron chi connectivity index (χ2n) is 4.68. The van der Waals surface area contributed by atoms with Crippen molar-refractivity contribution in [1.82, 2.24) is 3.97 Å². The van der Waals surface area contributed by atoms with Gasteiger partial charge in [-0.25, -0.2) is 21.2 Å². The van der Waals surface area contributed by atoms with Crippen LogP contribution in [0.2, 0.25) is 0 Å². The topological polar surface area (TPSA) is 39.1 Å². The van der Waals surface area contributed by atoms with E-state index in [-0.39, 0.29) is 21.5 Å². The Kier molecular flexibility index (Phi) is 3.33. The van der Waals surface area contributed by atoms with Crippen LogP contribution in [0.5, 0.6) is 0 Å². The Morgan fingerprint density at radius 3 is 2.27 bits per heavy atom. The van der Waals surface area contributed by atoms with Crippen molar-refractivity contribution in [3.05, 3.63) is 72.4 Å². The van der Waals surface area contributed by atoms with Crippen LogP contribution in [0.3, 0.4) is 0 Å². The largest absolute Gasteiger partial charge is 0.268 e. The molecule has 0 aliphatic rings. The zero-order valence-electron chi connectivity index (χ0n) is 11.3. The van der Waals surface area contributed by atoms with Gasteiger partial charge in [0.1, 0.15) is 0 Å². The van der Waals surface area contributed by atoms with Gasteiger partial charge in [-0.2, -0.15) is 0 Å². The third-order valence-electron chi connectivity index (χ3n) is 3.32. The fourth-order valence-corrected chi connectivity index (χ4v) is 3.84. The number of hydrogen-bond acceptors (Lipinski definition) is 2. The first kappa shape index (κ1) is 14.5. The summed E-state index contributed by atoms with van der Waals surface area (Å²) >= 11 is 0. The molecule has 0 aliphatic carbocycles. The monoisotopic (exact) mass is 319 g/mol. The average Bonchev–Trinajstić information content (AvgIpc) is 2.87. The van der Waals surface area contributed by atoms with Gasteiger partial charge in [0.15, 0.2) is 11.6 Å². The molecular formula is C16H11F2NO2S. The lowest BCUT2D eigenvalue weighted by Crippen LogP contribution is -2.14. The van der Waals surface area contributed by atoms with Crippen LogP contribution in [0.25, 0.3) is 17.0 Å². The summed E-state index contributed by atoms with van der Waals surface area (Å²) in [5, 5.41) is 0.285. The zero-order valence-corrected chi connectivity index (χ0v) is 12.1. The molecule has 0 aliphatic heterocycles. The summed E-state index contributed by atoms with van der Waals surface area (Å²) < 4.78 is 53.4. The molecule has 22 heavy (non-hydrogen) atoms. The van der Waals surface area contributed by atoms with E-state index >= 15 is 0 Å². The predicted molar refractivity (Wildman–Crippen MR) is 81.0 cm³/mol. The highest BCUT2D eigenvalue weighted by atomic mass is 32.2. The SMILES string of the molecule is C=Cc1cc2cc(F)c(F)cc2n1S(=O)(=O)c1ccccc1. The molecule has 6 heteroatoms. The van der Waals surface area contributed by atoms with E-state index in [1.54, 1.807) is 18.2 Å². The highest BCUT2D eigenvalue weighted by molar-refractivity contribution is 7.90. The molecule has 0 radical (unpaired) electrons. The number of rotatable bonds is 3. The number of fused-ring (bicyclic) bond motifs is 1. The lowest BCUT2D eigenvalue weighted by Gasteiger charge is -2.10. The van der Waals surface area contributed by atoms with Crippen molar-refractivity contribution in [2.24, 2.45) is 0 Å². The van der Waals surface area contributed by atoms with Gasteiger partial charge in [0, 0.05) is 11.5 Å². The standard InChI is InChI=1S/C16H11F2NO2S/c1-2-12-8-11-9-14(17)15(18)10-16(11)19(12)22(20,21)13-6-4-3-5-7-13/h2-10H,1H2. The summed E-state index contributed by atoms with van der Waals surface area (Å²) in [7, 11) is -3.94. The molecule has 0 atom stereocenters. The lowest BCUT2D eigenvalue weighted by molar-refractivity contribution is 0.510. The van der Waals surface area contributed by atoms with Crippen LogP contribution >= 0.6 is 0 Å². The molecule has 0 N–H and O–H groups in total. The van der Waals surface area contributed by atoms with Gasteiger partial charge in [-0.3, -0.25) is 0 Å². The predicted octanol–water partition coefficient (Wildman–Crippen LogP) is 3.80. The maximum absolute atomic E-state index is 13.5. The summed E-state index contributed by atoms with van der Waals surface area (Å²) in [5.74, 6) is -2.14. The van der Waals surface area contributed by atoms with Gasteiger partial charge >= 0.3 is 0 Å². The normalized spacial score (nSPS) is 11.7. The number of nitrogens with zero attached hydrogens (tertiary/aromatic N) is 1. The third-order valence-corrected chi connectivity index (χ3v) is 5.07. The average molecular weight is 319 g/mol. The zero-order chi connectivity index (χ0) is 15.9. The van der Waals surface area contributed by atoms with E-state index in [0.29, 0.717) is 0 Å². The van der Waals surface area contributed by atoms with E-state index in [4.69, 9.17) is 0 Å². The maximum atomic E-state index is 13.5. The Bertz CT molecular complexity index is 976. The molecule has 3 rings (SSSR count). The van der Waals surface area contributed by atoms with Crippen molar-refractivity contribution in [3.8, 4) is 0 Å². The van der Waals surface area contributed by atoms with Gasteiger partial charge in [0.2, 0.25) is 0 Å². The van der Waals surface area contributed by atoms with Gasteiger partial charge in [-0.1, -0.05) is 24.8 Å². The molecular weight excluding hydrogens is 308 g/mol. The van der Waals surface area contributed by atoms with Crippen LogP contribution in [-0.4, -0.2) is 12.4 Å². The van der Waals surface area contributed by atoms with Gasteiger partial charge in [-0.15, -0.1) is 0 Å². The second kappa shape index (κ2) is 5.06. The molecule has 2 aromatic carbocycles. The summed E-state index contributed by atoms with van der Waals surface area (Å²) in [6, 6.07) is 11.0. The minimum Gasteiger partial charge on any atom is -0.234 e. The molecule has 0 fully saturated rings. The van der Waals surface area contributed by atoms with Crippen molar-refractivity contribution < 1.29 is 17.2 Å². The van der Waals surface area contributed by atoms with E-state index < -0.39 is 21.7 Å². The number of hydrogen-bond donors (Lipinski definition) is 0. The fourth-order valence-electron chi connectivity index (χ4n) is 2.31. The lowest BCUT2D eigenvalue weighted by atomic mass is 10.2. The first-order valence-corrected chi connectivity index (χ1v) is 7.82. The number of aromatic nitrogens is 1. The van der Waals surface area contributed by atoms with Crippen LogP contribution in [0.4, 0.5) is 8.78 Å². The minimum absolute atomic E-state index is 0.0559. The smallest absolute Gasteiger partial charge is 0.234 e. The quantitative estimate of drug-likeness (QED) is 0.736. The maximum Gasteiger partial charge on any atom is 0.268 e. The van der Waals surface area contributed by atoms with E-state index in [0.717, 1.165) is 16.1 Å². The third kappa shape index (κ3) is 2.12. The number of halogens is 2. The molecule has 0 bridgehead atoms. The molecule has 0 saturated carbocycles. The molecule has 0 unspecified atom stereocenters. The summed E-state index contributed by atoms with van der Waals surface area (Å²) in [6.45, 7) is 3.57. The van der Waals surface area contributed by atoms with Gasteiger partial charge in [0.25, 0.3) is 10.0 Å². The Morgan fingerprint density at radius 2 is 1.64 bits per heavy atom. The Labute approximate surface area is 126 Å². The van der Waals surface area contributed by atoms with Crippen LogP contribution in [0.15, 0.2) is 60.0 Å². The van der Waals surface area contributed by atoms with Crippen molar-refractivity contribution in [2.45, 2.75) is 4.90 Å². The van der Waals surface area contributed by atoms with Crippen LogP contribution in [0, 0.1) is 11.6 Å². The van der Waals surface area contributed by atoms with Crippen LogP contribution in [0.1, 0.15) is 5.69 Å². The first-order chi connectivity index (χ1) is 10.4. The van der Waals surface area contributed by atoms with E-state index in [2.05, 4.69) is 6.58 Å². The molecule has 3 aromatic rings. The van der Waals surface area contributed by atoms with Crippen molar-refractivity contribution in [1.29, 1.82) is 0 Å². The van der Waals surface area contributed by atoms with E-state index in [1.807, 2.05) is 0 Å². The Hall–Kier alpha value is -2.47. The van der Waals surface area contributed by atoms with Gasteiger partial charge in [0.05, 0.1) is 16.1 Å². The van der Waals surface area contributed by atoms with Crippen molar-refractivity contribution >= 4 is 27.0 Å². The van der Waals surface area contributed by atoms with Crippen molar-refractivity contribution in [2.75, 3.05) is 0 Å². The molecule has 0 amide bonds. The summed E-state index contributed by atoms with van der Waals surface area (Å²) in [4.78, 5) is 0.0559. The molecule has 1 aromatic heterocycles. The van der Waals surface area contributed by atoms with E-state index in [9.17, 15) is 17.2 Å². The van der Waals surface area contributed by atoms with E-state index in [1.165, 1.54) is 24.3 Å². The second-order valence-corrected chi connectivity index (χ2v) is 6.47.